The van der Waals surface area contributed by atoms with E-state index in [1.807, 2.05) is 163 Å². The van der Waals surface area contributed by atoms with Crippen LogP contribution in [0.5, 0.6) is 5.75 Å². The molecule has 0 aliphatic heterocycles. The number of phenols is 1. The number of carbonyl (C=O) groups is 2. The van der Waals surface area contributed by atoms with Crippen molar-refractivity contribution in [2.24, 2.45) is 0 Å². The van der Waals surface area contributed by atoms with Gasteiger partial charge >= 0.3 is 0 Å². The highest BCUT2D eigenvalue weighted by Crippen LogP contribution is 2.42. The Morgan fingerprint density at radius 1 is 0.604 bits per heavy atom. The molecule has 5 aromatic rings. The van der Waals surface area contributed by atoms with Gasteiger partial charge < -0.3 is 15.7 Å². The number of nitrogens with zero attached hydrogens (tertiary/aromatic N) is 1. The molecule has 5 rings (SSSR count). The second kappa shape index (κ2) is 14.4. The van der Waals surface area contributed by atoms with E-state index in [1.54, 1.807) is 4.90 Å². The van der Waals surface area contributed by atoms with E-state index in [1.165, 1.54) is 0 Å². The lowest BCUT2D eigenvalue weighted by Crippen LogP contribution is -2.27. The minimum Gasteiger partial charge on any atom is -0.507 e. The van der Waals surface area contributed by atoms with Crippen molar-refractivity contribution in [1.82, 2.24) is 0 Å². The number of amides is 1. The molecular formula is C41H43N3O3S. The summed E-state index contributed by atoms with van der Waals surface area (Å²) in [5.74, 6) is -0.0695. The first-order valence-electron chi connectivity index (χ1n) is 16.0. The second-order valence-electron chi connectivity index (χ2n) is 13.8. The van der Waals surface area contributed by atoms with E-state index >= 15 is 0 Å². The molecule has 6 nitrogen and oxygen atoms in total. The number of thioether (sulfide) groups is 1. The molecule has 0 bridgehead atoms. The number of para-hydroxylation sites is 2. The van der Waals surface area contributed by atoms with Gasteiger partial charge in [0, 0.05) is 50.1 Å². The molecule has 0 atom stereocenters. The summed E-state index contributed by atoms with van der Waals surface area (Å²) in [5.41, 5.74) is 6.04. The van der Waals surface area contributed by atoms with Crippen molar-refractivity contribution in [2.75, 3.05) is 15.5 Å². The lowest BCUT2D eigenvalue weighted by molar-refractivity contribution is -0.122. The molecule has 1 amide bonds. The van der Waals surface area contributed by atoms with Crippen molar-refractivity contribution in [1.29, 1.82) is 0 Å². The van der Waals surface area contributed by atoms with Gasteiger partial charge in [0.05, 0.1) is 6.42 Å². The molecule has 0 unspecified atom stereocenters. The molecule has 0 aliphatic carbocycles. The fourth-order valence-electron chi connectivity index (χ4n) is 5.38. The van der Waals surface area contributed by atoms with Gasteiger partial charge in [0.25, 0.3) is 0 Å². The van der Waals surface area contributed by atoms with Crippen molar-refractivity contribution < 1.29 is 14.7 Å². The van der Waals surface area contributed by atoms with E-state index in [0.29, 0.717) is 16.3 Å². The maximum atomic E-state index is 13.8. The van der Waals surface area contributed by atoms with Gasteiger partial charge in [0.2, 0.25) is 11.0 Å². The molecule has 5 aromatic carbocycles. The summed E-state index contributed by atoms with van der Waals surface area (Å²) in [6.45, 7) is 12.2. The number of hydrogen-bond donors (Lipinski definition) is 3. The topological polar surface area (TPSA) is 81.7 Å². The van der Waals surface area contributed by atoms with Crippen LogP contribution >= 0.6 is 11.8 Å². The summed E-state index contributed by atoms with van der Waals surface area (Å²) < 4.78 is 0. The van der Waals surface area contributed by atoms with E-state index in [4.69, 9.17) is 0 Å². The van der Waals surface area contributed by atoms with Crippen LogP contribution < -0.4 is 15.5 Å². The number of carbonyl (C=O) groups excluding carboxylic acids is 2. The number of nitrogens with one attached hydrogen (secondary N) is 2. The van der Waals surface area contributed by atoms with E-state index < -0.39 is 0 Å². The monoisotopic (exact) mass is 657 g/mol. The predicted octanol–water partition coefficient (Wildman–Crippen LogP) is 10.8. The zero-order chi connectivity index (χ0) is 34.5. The molecule has 48 heavy (non-hydrogen) atoms. The first kappa shape index (κ1) is 34.3. The summed E-state index contributed by atoms with van der Waals surface area (Å²) in [6.07, 6.45) is -0.292. The van der Waals surface area contributed by atoms with Crippen LogP contribution in [0.25, 0.3) is 0 Å². The second-order valence-corrected chi connectivity index (χ2v) is 15.0. The van der Waals surface area contributed by atoms with Crippen LogP contribution in [0, 0.1) is 0 Å². The van der Waals surface area contributed by atoms with Gasteiger partial charge in [-0.05, 0) is 95.8 Å². The van der Waals surface area contributed by atoms with Gasteiger partial charge in [0.1, 0.15) is 5.75 Å². The van der Waals surface area contributed by atoms with Crippen LogP contribution in [-0.4, -0.2) is 16.1 Å². The fraction of sp³-hybridized carbons (Fsp3) is 0.220. The number of aromatic hydroxyl groups is 1. The summed E-state index contributed by atoms with van der Waals surface area (Å²) in [7, 11) is 0. The average molecular weight is 658 g/mol. The zero-order valence-electron chi connectivity index (χ0n) is 28.4. The molecule has 0 saturated heterocycles. The van der Waals surface area contributed by atoms with Gasteiger partial charge in [-0.15, -0.1) is 0 Å². The predicted molar refractivity (Wildman–Crippen MR) is 200 cm³/mol. The third kappa shape index (κ3) is 8.66. The van der Waals surface area contributed by atoms with Crippen molar-refractivity contribution in [3.05, 3.63) is 132 Å². The maximum Gasteiger partial charge on any atom is 0.239 e. The summed E-state index contributed by atoms with van der Waals surface area (Å²) in [5, 5.41) is 17.6. The van der Waals surface area contributed by atoms with Crippen LogP contribution in [0.4, 0.5) is 34.1 Å². The highest BCUT2D eigenvalue weighted by atomic mass is 32.2. The first-order valence-corrected chi connectivity index (χ1v) is 16.9. The van der Waals surface area contributed by atoms with Gasteiger partial charge in [-0.2, -0.15) is 0 Å². The van der Waals surface area contributed by atoms with Crippen molar-refractivity contribution in [3.8, 4) is 5.75 Å². The fourth-order valence-corrected chi connectivity index (χ4v) is 6.19. The molecule has 0 saturated carbocycles. The largest absolute Gasteiger partial charge is 0.507 e. The number of phenolic OH excluding ortho intramolecular Hbond substituents is 1. The SMILES string of the molecule is CC(C)(C)c1cc(SC(=O)CC(=O)N(c2ccccc2)c2ccc(Nc3ccc(Nc4ccccc4)cc3)cc2)cc(C(C)(C)C)c1O. The van der Waals surface area contributed by atoms with Gasteiger partial charge in [-0.25, -0.2) is 0 Å². The van der Waals surface area contributed by atoms with Crippen molar-refractivity contribution >= 4 is 56.9 Å². The number of rotatable bonds is 9. The average Bonchev–Trinajstić information content (AvgIpc) is 3.03. The number of hydrogen-bond acceptors (Lipinski definition) is 6. The van der Waals surface area contributed by atoms with Crippen LogP contribution in [0.2, 0.25) is 0 Å². The highest BCUT2D eigenvalue weighted by Gasteiger charge is 2.28. The lowest BCUT2D eigenvalue weighted by atomic mass is 9.79. The molecule has 0 heterocycles. The maximum absolute atomic E-state index is 13.8. The Balaban J connectivity index is 1.31. The Hall–Kier alpha value is -5.01. The summed E-state index contributed by atoms with van der Waals surface area (Å²) in [4.78, 5) is 29.5. The molecule has 0 aromatic heterocycles. The van der Waals surface area contributed by atoms with Crippen LogP contribution in [0.3, 0.4) is 0 Å². The van der Waals surface area contributed by atoms with Crippen LogP contribution in [0.1, 0.15) is 59.1 Å². The third-order valence-electron chi connectivity index (χ3n) is 7.85. The van der Waals surface area contributed by atoms with Crippen molar-refractivity contribution in [3.63, 3.8) is 0 Å². The van der Waals surface area contributed by atoms with Crippen molar-refractivity contribution in [2.45, 2.75) is 63.7 Å². The Morgan fingerprint density at radius 2 is 1.00 bits per heavy atom. The van der Waals surface area contributed by atoms with Gasteiger partial charge in [0.15, 0.2) is 0 Å². The molecule has 0 radical (unpaired) electrons. The van der Waals surface area contributed by atoms with E-state index in [0.717, 1.165) is 45.6 Å². The minimum atomic E-state index is -0.327. The lowest BCUT2D eigenvalue weighted by Gasteiger charge is -2.28. The van der Waals surface area contributed by atoms with Gasteiger partial charge in [-0.1, -0.05) is 89.7 Å². The summed E-state index contributed by atoms with van der Waals surface area (Å²) in [6, 6.07) is 38.7. The van der Waals surface area contributed by atoms with Crippen LogP contribution in [0.15, 0.2) is 126 Å². The Bertz CT molecular complexity index is 1820. The molecule has 246 valence electrons. The van der Waals surface area contributed by atoms with E-state index in [-0.39, 0.29) is 34.0 Å². The molecular weight excluding hydrogens is 615 g/mol. The Kier molecular flexibility index (Phi) is 10.3. The number of benzene rings is 5. The molecule has 7 heteroatoms. The third-order valence-corrected chi connectivity index (χ3v) is 8.70. The normalized spacial score (nSPS) is 11.5. The highest BCUT2D eigenvalue weighted by molar-refractivity contribution is 8.13. The zero-order valence-corrected chi connectivity index (χ0v) is 29.2. The van der Waals surface area contributed by atoms with E-state index in [2.05, 4.69) is 10.6 Å². The minimum absolute atomic E-state index is 0.258. The smallest absolute Gasteiger partial charge is 0.239 e. The Labute approximate surface area is 288 Å². The molecule has 0 fully saturated rings. The first-order chi connectivity index (χ1) is 22.8. The van der Waals surface area contributed by atoms with E-state index in [9.17, 15) is 14.7 Å². The quantitative estimate of drug-likeness (QED) is 0.108. The summed E-state index contributed by atoms with van der Waals surface area (Å²) >= 11 is 1.04. The molecule has 3 N–H and O–H groups in total. The Morgan fingerprint density at radius 3 is 1.46 bits per heavy atom. The van der Waals surface area contributed by atoms with Gasteiger partial charge in [-0.3, -0.25) is 14.5 Å². The molecule has 0 spiro atoms. The van der Waals surface area contributed by atoms with Crippen LogP contribution in [-0.2, 0) is 20.4 Å². The standard InChI is InChI=1S/C41H43N3O3S/c1-40(2,3)35-25-34(26-36(39(35)47)41(4,5)6)48-38(46)27-37(45)44(32-15-11-8-12-16-32)33-23-21-31(22-24-33)43-30-19-17-29(18-20-30)42-28-13-9-7-10-14-28/h7-26,42-43,47H,27H2,1-6H3. The molecule has 0 aliphatic rings. The number of anilines is 6.